The van der Waals surface area contributed by atoms with Gasteiger partial charge in [-0.25, -0.2) is 0 Å². The maximum absolute atomic E-state index is 13.3. The fourth-order valence-electron chi connectivity index (χ4n) is 8.68. The fraction of sp³-hybridized carbons (Fsp3) is 0.774. The Labute approximate surface area is 421 Å². The van der Waals surface area contributed by atoms with Gasteiger partial charge in [0.05, 0.1) is 25.2 Å². The highest BCUT2D eigenvalue weighted by molar-refractivity contribution is 5.77. The first-order chi connectivity index (χ1) is 33.5. The molecule has 0 fully saturated rings. The van der Waals surface area contributed by atoms with Gasteiger partial charge in [-0.05, 0) is 83.5 Å². The molecule has 0 radical (unpaired) electrons. The van der Waals surface area contributed by atoms with Crippen LogP contribution in [-0.4, -0.2) is 46.9 Å². The molecule has 6 nitrogen and oxygen atoms in total. The van der Waals surface area contributed by atoms with Gasteiger partial charge in [-0.15, -0.1) is 0 Å². The maximum Gasteiger partial charge on any atom is 0.306 e. The lowest BCUT2D eigenvalue weighted by atomic mass is 10.0. The van der Waals surface area contributed by atoms with Gasteiger partial charge in [-0.1, -0.05) is 261 Å². The number of esters is 1. The molecule has 1 amide bonds. The summed E-state index contributed by atoms with van der Waals surface area (Å²) in [5.74, 6) is -0.515. The lowest BCUT2D eigenvalue weighted by Crippen LogP contribution is -2.46. The molecule has 0 saturated carbocycles. The Morgan fingerprint density at radius 1 is 0.456 bits per heavy atom. The molecule has 0 saturated heterocycles. The van der Waals surface area contributed by atoms with Gasteiger partial charge < -0.3 is 20.3 Å². The lowest BCUT2D eigenvalue weighted by Gasteiger charge is -2.24. The van der Waals surface area contributed by atoms with E-state index in [4.69, 9.17) is 4.74 Å². The highest BCUT2D eigenvalue weighted by atomic mass is 16.5. The zero-order chi connectivity index (χ0) is 49.5. The van der Waals surface area contributed by atoms with E-state index < -0.39 is 18.2 Å². The molecule has 0 aromatic heterocycles. The zero-order valence-electron chi connectivity index (χ0n) is 45.0. The molecule has 0 aromatic carbocycles. The number of carbonyl (C=O) groups is 2. The first kappa shape index (κ1) is 65.3. The molecule has 0 aromatic rings. The Morgan fingerprint density at radius 3 is 1.32 bits per heavy atom. The van der Waals surface area contributed by atoms with Gasteiger partial charge in [0.25, 0.3) is 0 Å². The number of aliphatic hydroxyl groups excluding tert-OH is 2. The number of allylic oxidation sites excluding steroid dienone is 12. The van der Waals surface area contributed by atoms with Crippen molar-refractivity contribution >= 4 is 11.9 Å². The van der Waals surface area contributed by atoms with Crippen LogP contribution >= 0.6 is 0 Å². The predicted octanol–water partition coefficient (Wildman–Crippen LogP) is 18.1. The molecule has 3 N–H and O–H groups in total. The zero-order valence-corrected chi connectivity index (χ0v) is 45.0. The van der Waals surface area contributed by atoms with Crippen LogP contribution in [0.25, 0.3) is 0 Å². The Kier molecular flexibility index (Phi) is 53.0. The highest BCUT2D eigenvalue weighted by Gasteiger charge is 2.24. The molecule has 6 heteroatoms. The van der Waals surface area contributed by atoms with E-state index in [9.17, 15) is 19.8 Å². The number of hydrogen-bond acceptors (Lipinski definition) is 5. The van der Waals surface area contributed by atoms with Crippen molar-refractivity contribution in [3.8, 4) is 0 Å². The summed E-state index contributed by atoms with van der Waals surface area (Å²) in [6, 6.07) is -0.717. The van der Waals surface area contributed by atoms with Gasteiger partial charge in [0.2, 0.25) is 5.91 Å². The molecule has 0 rings (SSSR count). The molecule has 3 atom stereocenters. The number of aliphatic hydroxyl groups is 2. The molecule has 0 heterocycles. The van der Waals surface area contributed by atoms with Crippen molar-refractivity contribution in [1.29, 1.82) is 0 Å². The summed E-state index contributed by atoms with van der Waals surface area (Å²) in [5.41, 5.74) is 0. The van der Waals surface area contributed by atoms with E-state index in [0.717, 1.165) is 109 Å². The second-order valence-corrected chi connectivity index (χ2v) is 19.7. The minimum Gasteiger partial charge on any atom is -0.462 e. The van der Waals surface area contributed by atoms with Crippen LogP contribution in [0.1, 0.15) is 284 Å². The van der Waals surface area contributed by atoms with E-state index >= 15 is 0 Å². The van der Waals surface area contributed by atoms with Crippen LogP contribution in [0.2, 0.25) is 0 Å². The van der Waals surface area contributed by atoms with Crippen LogP contribution in [0.3, 0.4) is 0 Å². The number of hydrogen-bond donors (Lipinski definition) is 3. The minimum atomic E-state index is -0.802. The summed E-state index contributed by atoms with van der Waals surface area (Å²) in [4.78, 5) is 26.3. The van der Waals surface area contributed by atoms with Crippen molar-refractivity contribution < 1.29 is 24.5 Å². The Morgan fingerprint density at radius 2 is 0.853 bits per heavy atom. The van der Waals surface area contributed by atoms with Crippen molar-refractivity contribution in [2.24, 2.45) is 0 Å². The fourth-order valence-corrected chi connectivity index (χ4v) is 8.68. The van der Waals surface area contributed by atoms with Crippen molar-refractivity contribution in [1.82, 2.24) is 5.32 Å². The van der Waals surface area contributed by atoms with Gasteiger partial charge in [0.15, 0.2) is 0 Å². The first-order valence-corrected chi connectivity index (χ1v) is 29.2. The van der Waals surface area contributed by atoms with E-state index in [1.807, 2.05) is 0 Å². The van der Waals surface area contributed by atoms with Gasteiger partial charge in [-0.2, -0.15) is 0 Å². The summed E-state index contributed by atoms with van der Waals surface area (Å²) < 4.78 is 5.94. The smallest absolute Gasteiger partial charge is 0.306 e. The third-order valence-electron chi connectivity index (χ3n) is 13.1. The van der Waals surface area contributed by atoms with E-state index in [1.54, 1.807) is 0 Å². The molecule has 0 bridgehead atoms. The summed E-state index contributed by atoms with van der Waals surface area (Å²) in [5, 5.41) is 23.9. The number of carbonyl (C=O) groups excluding carboxylic acids is 2. The average molecular weight is 951 g/mol. The van der Waals surface area contributed by atoms with Crippen LogP contribution in [0, 0.1) is 0 Å². The maximum atomic E-state index is 13.3. The molecule has 68 heavy (non-hydrogen) atoms. The standard InChI is InChI=1S/C62H111NO5/c1-4-7-10-13-16-19-22-25-28-30-32-34-37-40-43-46-49-52-55-62(67)68-58(53-50-47-44-41-38-35-27-24-21-18-15-12-9-6-3)56-61(66)63-59(57-64)60(65)54-51-48-45-42-39-36-33-31-29-26-23-20-17-14-11-8-5-2/h9,12,18,21-22,25,27-28,30,32,34-35,58-60,64-65H,4-8,10-11,13-17,19-20,23-24,26,29,31,33,36-57H2,1-3H3,(H,63,66)/b12-9+,21-18+,25-22+,30-28+,34-32+,35-27+. The third kappa shape index (κ3) is 49.7. The van der Waals surface area contributed by atoms with E-state index in [0.29, 0.717) is 19.3 Å². The summed E-state index contributed by atoms with van der Waals surface area (Å²) in [6.45, 7) is 6.37. The van der Waals surface area contributed by atoms with Crippen LogP contribution in [0.5, 0.6) is 0 Å². The van der Waals surface area contributed by atoms with Gasteiger partial charge >= 0.3 is 5.97 Å². The summed E-state index contributed by atoms with van der Waals surface area (Å²) >= 11 is 0. The second kappa shape index (κ2) is 55.2. The lowest BCUT2D eigenvalue weighted by molar-refractivity contribution is -0.151. The number of amides is 1. The highest BCUT2D eigenvalue weighted by Crippen LogP contribution is 2.18. The predicted molar refractivity (Wildman–Crippen MR) is 296 cm³/mol. The SMILES string of the molecule is CC/C=C/C/C=C/C/C=C/CCCCCCC(CC(=O)NC(CO)C(O)CCCCCCCCCCCCCCCCCCC)OC(=O)CCCCCCC/C=C/C=C/C=C/CCCCCCC. The molecule has 0 aliphatic rings. The van der Waals surface area contributed by atoms with Crippen LogP contribution in [0.4, 0.5) is 0 Å². The van der Waals surface area contributed by atoms with Crippen molar-refractivity contribution in [2.45, 2.75) is 302 Å². The normalized spacial score (nSPS) is 13.7. The van der Waals surface area contributed by atoms with Gasteiger partial charge in [0.1, 0.15) is 6.10 Å². The quantitative estimate of drug-likeness (QED) is 0.0244. The molecular weight excluding hydrogens is 839 g/mol. The molecule has 0 spiro atoms. The van der Waals surface area contributed by atoms with Crippen molar-refractivity contribution in [3.05, 3.63) is 72.9 Å². The summed E-state index contributed by atoms with van der Waals surface area (Å²) in [6.07, 6.45) is 71.1. The topological polar surface area (TPSA) is 95.9 Å². The number of rotatable bonds is 52. The average Bonchev–Trinajstić information content (AvgIpc) is 3.33. The molecule has 0 aliphatic heterocycles. The molecule has 394 valence electrons. The second-order valence-electron chi connectivity index (χ2n) is 19.7. The number of unbranched alkanes of at least 4 members (excludes halogenated alkanes) is 30. The largest absolute Gasteiger partial charge is 0.462 e. The minimum absolute atomic E-state index is 0.0523. The van der Waals surface area contributed by atoms with E-state index in [-0.39, 0.29) is 24.9 Å². The third-order valence-corrected chi connectivity index (χ3v) is 13.1. The molecule has 3 unspecified atom stereocenters. The van der Waals surface area contributed by atoms with Crippen molar-refractivity contribution in [3.63, 3.8) is 0 Å². The Balaban J connectivity index is 4.59. The Hall–Kier alpha value is -2.70. The molecule has 0 aliphatic carbocycles. The van der Waals surface area contributed by atoms with Gasteiger partial charge in [0, 0.05) is 6.42 Å². The Bertz CT molecular complexity index is 1250. The first-order valence-electron chi connectivity index (χ1n) is 29.2. The van der Waals surface area contributed by atoms with E-state index in [1.165, 1.54) is 128 Å². The van der Waals surface area contributed by atoms with Crippen molar-refractivity contribution in [2.75, 3.05) is 6.61 Å². The molecular formula is C62H111NO5. The van der Waals surface area contributed by atoms with Crippen LogP contribution in [0.15, 0.2) is 72.9 Å². The summed E-state index contributed by atoms with van der Waals surface area (Å²) in [7, 11) is 0. The van der Waals surface area contributed by atoms with Crippen LogP contribution < -0.4 is 5.32 Å². The van der Waals surface area contributed by atoms with Gasteiger partial charge in [-0.3, -0.25) is 9.59 Å². The number of ether oxygens (including phenoxy) is 1. The van der Waals surface area contributed by atoms with Crippen LogP contribution in [-0.2, 0) is 14.3 Å². The van der Waals surface area contributed by atoms with E-state index in [2.05, 4.69) is 99.0 Å². The number of nitrogens with one attached hydrogen (secondary N) is 1. The monoisotopic (exact) mass is 950 g/mol.